The number of phenolic OH excluding ortho intramolecular Hbond substituents is 1. The fourth-order valence-electron chi connectivity index (χ4n) is 5.18. The summed E-state index contributed by atoms with van der Waals surface area (Å²) in [6, 6.07) is 23.9. The van der Waals surface area contributed by atoms with Gasteiger partial charge >= 0.3 is 5.69 Å². The van der Waals surface area contributed by atoms with E-state index in [1.54, 1.807) is 22.8 Å². The van der Waals surface area contributed by atoms with E-state index in [2.05, 4.69) is 11.1 Å². The number of aromatic nitrogens is 3. The lowest BCUT2D eigenvalue weighted by atomic mass is 9.93. The molecule has 3 heterocycles. The first-order chi connectivity index (χ1) is 16.0. The lowest BCUT2D eigenvalue weighted by molar-refractivity contribution is 0.398. The minimum absolute atomic E-state index is 0.0163. The third-order valence-electron chi connectivity index (χ3n) is 6.77. The molecule has 0 spiro atoms. The van der Waals surface area contributed by atoms with Crippen LogP contribution < -0.4 is 5.69 Å². The molecule has 0 amide bonds. The van der Waals surface area contributed by atoms with Gasteiger partial charge < -0.3 is 15.2 Å². The molecule has 0 radical (unpaired) electrons. The summed E-state index contributed by atoms with van der Waals surface area (Å²) < 4.78 is 3.13. The molecule has 2 atom stereocenters. The Hall–Kier alpha value is -4.19. The van der Waals surface area contributed by atoms with Gasteiger partial charge in [-0.15, -0.1) is 0 Å². The summed E-state index contributed by atoms with van der Waals surface area (Å²) in [7, 11) is 0. The van der Waals surface area contributed by atoms with Gasteiger partial charge in [-0.2, -0.15) is 0 Å². The first-order valence-corrected chi connectivity index (χ1v) is 11.0. The van der Waals surface area contributed by atoms with Crippen LogP contribution in [0.15, 0.2) is 83.7 Å². The molecule has 0 fully saturated rings. The Morgan fingerprint density at radius 1 is 0.970 bits per heavy atom. The molecule has 3 aromatic carbocycles. The van der Waals surface area contributed by atoms with Crippen LogP contribution in [0.3, 0.4) is 0 Å². The van der Waals surface area contributed by atoms with Crippen molar-refractivity contribution < 1.29 is 10.2 Å². The molecule has 6 rings (SSSR count). The number of hydrogen-bond acceptors (Lipinski definition) is 3. The van der Waals surface area contributed by atoms with Crippen molar-refractivity contribution >= 4 is 10.9 Å². The molecule has 33 heavy (non-hydrogen) atoms. The highest BCUT2D eigenvalue weighted by Crippen LogP contribution is 2.42. The molecule has 6 heteroatoms. The van der Waals surface area contributed by atoms with Crippen molar-refractivity contribution in [2.24, 2.45) is 0 Å². The van der Waals surface area contributed by atoms with Crippen LogP contribution in [-0.2, 0) is 6.42 Å². The maximum atomic E-state index is 13.8. The molecule has 3 N–H and O–H groups in total. The molecule has 164 valence electrons. The molecule has 2 aromatic heterocycles. The second-order valence-electron chi connectivity index (χ2n) is 8.62. The van der Waals surface area contributed by atoms with Crippen molar-refractivity contribution in [3.05, 3.63) is 117 Å². The van der Waals surface area contributed by atoms with Crippen LogP contribution in [0.1, 0.15) is 47.1 Å². The number of nitrogens with zero attached hydrogens (tertiary/aromatic N) is 2. The van der Waals surface area contributed by atoms with Crippen molar-refractivity contribution in [2.45, 2.75) is 25.4 Å². The zero-order valence-electron chi connectivity index (χ0n) is 18.1. The van der Waals surface area contributed by atoms with Crippen molar-refractivity contribution in [2.75, 3.05) is 0 Å². The zero-order chi connectivity index (χ0) is 22.7. The molecule has 1 aliphatic rings. The topological polar surface area (TPSA) is 83.2 Å². The highest BCUT2D eigenvalue weighted by Gasteiger charge is 2.36. The van der Waals surface area contributed by atoms with E-state index >= 15 is 0 Å². The Morgan fingerprint density at radius 3 is 2.52 bits per heavy atom. The van der Waals surface area contributed by atoms with Gasteiger partial charge in [-0.3, -0.25) is 9.13 Å². The number of phenols is 1. The predicted octanol–water partition coefficient (Wildman–Crippen LogP) is 4.69. The Morgan fingerprint density at radius 2 is 1.73 bits per heavy atom. The highest BCUT2D eigenvalue weighted by atomic mass is 16.3. The predicted molar refractivity (Wildman–Crippen MR) is 127 cm³/mol. The summed E-state index contributed by atoms with van der Waals surface area (Å²) in [5.74, 6) is 0.115. The number of fused-ring (bicyclic) bond motifs is 4. The van der Waals surface area contributed by atoms with E-state index in [-0.39, 0.29) is 23.4 Å². The lowest BCUT2D eigenvalue weighted by Gasteiger charge is -2.26. The summed E-state index contributed by atoms with van der Waals surface area (Å²) in [6.45, 7) is 1.92. The molecular weight excluding hydrogens is 414 g/mol. The van der Waals surface area contributed by atoms with Gasteiger partial charge in [0, 0.05) is 23.0 Å². The average molecular weight is 437 g/mol. The molecule has 0 aliphatic carbocycles. The number of nitrogens with one attached hydrogen (secondary N) is 1. The van der Waals surface area contributed by atoms with Crippen LogP contribution in [0.5, 0.6) is 11.6 Å². The monoisotopic (exact) mass is 437 g/mol. The quantitative estimate of drug-likeness (QED) is 0.376. The normalized spacial score (nSPS) is 15.8. The number of aromatic amines is 1. The van der Waals surface area contributed by atoms with Crippen LogP contribution in [0.2, 0.25) is 0 Å². The van der Waals surface area contributed by atoms with E-state index in [0.29, 0.717) is 12.1 Å². The fourth-order valence-corrected chi connectivity index (χ4v) is 5.18. The summed E-state index contributed by atoms with van der Waals surface area (Å²) in [5.41, 5.74) is 4.95. The Bertz CT molecular complexity index is 1560. The average Bonchev–Trinajstić information content (AvgIpc) is 3.32. The van der Waals surface area contributed by atoms with Gasteiger partial charge in [0.05, 0.1) is 11.7 Å². The smallest absolute Gasteiger partial charge is 0.332 e. The van der Waals surface area contributed by atoms with Gasteiger partial charge in [0.2, 0.25) is 5.88 Å². The Labute approximate surface area is 190 Å². The van der Waals surface area contributed by atoms with Gasteiger partial charge in [-0.05, 0) is 41.8 Å². The van der Waals surface area contributed by atoms with Gasteiger partial charge in [0.1, 0.15) is 11.8 Å². The van der Waals surface area contributed by atoms with Crippen molar-refractivity contribution in [1.29, 1.82) is 0 Å². The van der Waals surface area contributed by atoms with Crippen molar-refractivity contribution in [1.82, 2.24) is 14.1 Å². The zero-order valence-corrected chi connectivity index (χ0v) is 18.1. The summed E-state index contributed by atoms with van der Waals surface area (Å²) in [5, 5.41) is 22.6. The Kier molecular flexibility index (Phi) is 4.23. The van der Waals surface area contributed by atoms with Crippen LogP contribution in [0.25, 0.3) is 10.9 Å². The minimum atomic E-state index is -0.495. The van der Waals surface area contributed by atoms with Gasteiger partial charge in [-0.25, -0.2) is 4.79 Å². The molecule has 0 saturated carbocycles. The molecule has 6 nitrogen and oxygen atoms in total. The van der Waals surface area contributed by atoms with Crippen molar-refractivity contribution in [3.63, 3.8) is 0 Å². The second-order valence-corrected chi connectivity index (χ2v) is 8.62. The van der Waals surface area contributed by atoms with Gasteiger partial charge in [0.25, 0.3) is 0 Å². The third-order valence-corrected chi connectivity index (χ3v) is 6.77. The van der Waals surface area contributed by atoms with E-state index in [4.69, 9.17) is 0 Å². The second kappa shape index (κ2) is 7.17. The van der Waals surface area contributed by atoms with Gasteiger partial charge in [-0.1, -0.05) is 60.7 Å². The summed E-state index contributed by atoms with van der Waals surface area (Å²) in [6.07, 6.45) is 0.435. The van der Waals surface area contributed by atoms with Crippen LogP contribution in [-0.4, -0.2) is 24.3 Å². The van der Waals surface area contributed by atoms with Crippen LogP contribution in [0, 0.1) is 0 Å². The van der Waals surface area contributed by atoms with E-state index in [9.17, 15) is 15.0 Å². The number of imidazole rings is 1. The highest BCUT2D eigenvalue weighted by molar-refractivity contribution is 5.86. The fraction of sp³-hybridized carbons (Fsp3) is 0.148. The molecule has 1 aliphatic heterocycles. The number of hydrogen-bond donors (Lipinski definition) is 3. The van der Waals surface area contributed by atoms with Crippen LogP contribution in [0.4, 0.5) is 0 Å². The number of benzene rings is 3. The van der Waals surface area contributed by atoms with E-state index in [0.717, 1.165) is 33.3 Å². The number of para-hydroxylation sites is 1. The lowest BCUT2D eigenvalue weighted by Crippen LogP contribution is -2.33. The molecule has 0 bridgehead atoms. The van der Waals surface area contributed by atoms with Crippen LogP contribution >= 0.6 is 0 Å². The molecule has 1 unspecified atom stereocenters. The van der Waals surface area contributed by atoms with E-state index in [1.807, 2.05) is 61.5 Å². The molecular formula is C27H23N3O3. The van der Waals surface area contributed by atoms with E-state index < -0.39 is 6.04 Å². The minimum Gasteiger partial charge on any atom is -0.508 e. The number of H-pyrrole nitrogens is 1. The molecule has 0 saturated heterocycles. The number of aromatic hydroxyl groups is 2. The van der Waals surface area contributed by atoms with Crippen molar-refractivity contribution in [3.8, 4) is 11.6 Å². The standard InChI is InChI=1S/C27H23N3O3/c1-16(17-8-3-2-4-9-17)29-26(32)23-15-21-20-12-5-6-13-22(20)28-24(21)25(30(23)27(29)33)18-10-7-11-19(31)14-18/h2-14,16,25,28,31-32H,15H2,1H3/t16-,25?/m1/s1. The number of rotatable bonds is 3. The maximum Gasteiger partial charge on any atom is 0.332 e. The SMILES string of the molecule is C[C@H](c1ccccc1)n1c(O)c2n(c1=O)C(c1cccc(O)c1)c1[nH]c3ccccc3c1C2. The van der Waals surface area contributed by atoms with Gasteiger partial charge in [0.15, 0.2) is 0 Å². The maximum absolute atomic E-state index is 13.8. The van der Waals surface area contributed by atoms with E-state index in [1.165, 1.54) is 4.57 Å². The summed E-state index contributed by atoms with van der Waals surface area (Å²) >= 11 is 0. The first-order valence-electron chi connectivity index (χ1n) is 11.0. The Balaban J connectivity index is 1.63. The summed E-state index contributed by atoms with van der Waals surface area (Å²) in [4.78, 5) is 17.3. The first kappa shape index (κ1) is 19.5. The largest absolute Gasteiger partial charge is 0.508 e. The molecule has 5 aromatic rings. The third kappa shape index (κ3) is 2.84.